The molecular weight excluding hydrogens is 236 g/mol. The van der Waals surface area contributed by atoms with Crippen LogP contribution < -0.4 is 5.73 Å². The highest BCUT2D eigenvalue weighted by atomic mass is 16.2. The molecule has 19 heavy (non-hydrogen) atoms. The average molecular weight is 252 g/mol. The second-order valence-corrected chi connectivity index (χ2v) is 4.37. The number of nitrogens with two attached hydrogens (primary N) is 1. The quantitative estimate of drug-likeness (QED) is 0.822. The van der Waals surface area contributed by atoms with E-state index in [4.69, 9.17) is 10.8 Å². The summed E-state index contributed by atoms with van der Waals surface area (Å²) in [4.78, 5) is 0. The predicted octanol–water partition coefficient (Wildman–Crippen LogP) is 2.73. The van der Waals surface area contributed by atoms with Crippen LogP contribution >= 0.6 is 0 Å². The van der Waals surface area contributed by atoms with Crippen molar-refractivity contribution in [3.8, 4) is 17.2 Å². The number of nitrogen functional groups attached to an aromatic ring is 1. The number of aliphatic hydroxyl groups excluding tert-OH is 1. The van der Waals surface area contributed by atoms with E-state index >= 15 is 0 Å². The average Bonchev–Trinajstić information content (AvgIpc) is 2.46. The van der Waals surface area contributed by atoms with Gasteiger partial charge in [0.25, 0.3) is 0 Å². The Labute approximate surface area is 112 Å². The molecule has 0 atom stereocenters. The number of hydrogen-bond acceptors (Lipinski definition) is 3. The van der Waals surface area contributed by atoms with Crippen LogP contribution in [0.3, 0.4) is 0 Å². The molecule has 2 aromatic carbocycles. The molecule has 0 aliphatic heterocycles. The molecule has 96 valence electrons. The molecule has 0 radical (unpaired) electrons. The van der Waals surface area contributed by atoms with E-state index in [-0.39, 0.29) is 6.61 Å². The van der Waals surface area contributed by atoms with Crippen molar-refractivity contribution in [1.82, 2.24) is 0 Å². The van der Waals surface area contributed by atoms with Gasteiger partial charge >= 0.3 is 0 Å². The summed E-state index contributed by atoms with van der Waals surface area (Å²) in [5.41, 5.74) is 9.87. The van der Waals surface area contributed by atoms with E-state index < -0.39 is 0 Å². The van der Waals surface area contributed by atoms with Crippen LogP contribution in [0, 0.1) is 11.3 Å². The van der Waals surface area contributed by atoms with Crippen LogP contribution in [0.5, 0.6) is 0 Å². The lowest BCUT2D eigenvalue weighted by atomic mass is 9.94. The van der Waals surface area contributed by atoms with E-state index in [0.29, 0.717) is 24.1 Å². The maximum Gasteiger partial charge on any atom is 0.102 e. The van der Waals surface area contributed by atoms with Crippen LogP contribution in [0.4, 0.5) is 5.69 Å². The van der Waals surface area contributed by atoms with Crippen molar-refractivity contribution >= 4 is 5.69 Å². The standard InChI is InChI=1S/C16H16N2O/c17-11-15-14(12-5-2-1-3-6-12)9-8-13(16(15)18)7-4-10-19/h1-3,5-6,8-9,19H,4,7,10,18H2. The van der Waals surface area contributed by atoms with Gasteiger partial charge in [0.2, 0.25) is 0 Å². The van der Waals surface area contributed by atoms with Gasteiger partial charge in [-0.05, 0) is 24.0 Å². The molecule has 0 spiro atoms. The summed E-state index contributed by atoms with van der Waals surface area (Å²) in [5.74, 6) is 0. The summed E-state index contributed by atoms with van der Waals surface area (Å²) in [6.07, 6.45) is 1.34. The lowest BCUT2D eigenvalue weighted by Gasteiger charge is -2.11. The summed E-state index contributed by atoms with van der Waals surface area (Å²) in [6.45, 7) is 0.127. The van der Waals surface area contributed by atoms with Gasteiger partial charge in [-0.15, -0.1) is 0 Å². The molecule has 2 rings (SSSR count). The zero-order valence-electron chi connectivity index (χ0n) is 10.6. The molecule has 2 aromatic rings. The van der Waals surface area contributed by atoms with Crippen LogP contribution in [-0.2, 0) is 6.42 Å². The Balaban J connectivity index is 2.48. The molecule has 0 fully saturated rings. The fraction of sp³-hybridized carbons (Fsp3) is 0.188. The minimum atomic E-state index is 0.127. The Morgan fingerprint density at radius 3 is 2.47 bits per heavy atom. The summed E-state index contributed by atoms with van der Waals surface area (Å²) in [7, 11) is 0. The van der Waals surface area contributed by atoms with E-state index in [1.807, 2.05) is 42.5 Å². The first-order valence-electron chi connectivity index (χ1n) is 6.25. The molecule has 0 heterocycles. The van der Waals surface area contributed by atoms with Crippen molar-refractivity contribution in [2.24, 2.45) is 0 Å². The molecule has 0 unspecified atom stereocenters. The number of anilines is 1. The van der Waals surface area contributed by atoms with Gasteiger partial charge in [-0.1, -0.05) is 42.5 Å². The highest BCUT2D eigenvalue weighted by Crippen LogP contribution is 2.30. The van der Waals surface area contributed by atoms with Gasteiger partial charge in [-0.3, -0.25) is 0 Å². The predicted molar refractivity (Wildman–Crippen MR) is 76.4 cm³/mol. The van der Waals surface area contributed by atoms with Crippen LogP contribution in [0.15, 0.2) is 42.5 Å². The van der Waals surface area contributed by atoms with E-state index in [1.165, 1.54) is 0 Å². The second-order valence-electron chi connectivity index (χ2n) is 4.37. The first-order chi connectivity index (χ1) is 9.27. The minimum absolute atomic E-state index is 0.127. The summed E-state index contributed by atoms with van der Waals surface area (Å²) in [6, 6.07) is 15.8. The van der Waals surface area contributed by atoms with E-state index in [2.05, 4.69) is 6.07 Å². The number of rotatable bonds is 4. The number of aryl methyl sites for hydroxylation is 1. The topological polar surface area (TPSA) is 70.0 Å². The van der Waals surface area contributed by atoms with Crippen LogP contribution in [0.2, 0.25) is 0 Å². The SMILES string of the molecule is N#Cc1c(-c2ccccc2)ccc(CCCO)c1N. The van der Waals surface area contributed by atoms with Crippen molar-refractivity contribution < 1.29 is 5.11 Å². The van der Waals surface area contributed by atoms with E-state index in [9.17, 15) is 5.26 Å². The summed E-state index contributed by atoms with van der Waals surface area (Å²) >= 11 is 0. The Morgan fingerprint density at radius 2 is 1.84 bits per heavy atom. The van der Waals surface area contributed by atoms with Crippen LogP contribution in [-0.4, -0.2) is 11.7 Å². The minimum Gasteiger partial charge on any atom is -0.397 e. The molecular formula is C16H16N2O. The maximum absolute atomic E-state index is 9.33. The van der Waals surface area contributed by atoms with Crippen molar-refractivity contribution in [3.05, 3.63) is 53.6 Å². The lowest BCUT2D eigenvalue weighted by molar-refractivity contribution is 0.288. The first kappa shape index (κ1) is 13.1. The fourth-order valence-electron chi connectivity index (χ4n) is 2.13. The highest BCUT2D eigenvalue weighted by Gasteiger charge is 2.11. The molecule has 0 saturated carbocycles. The van der Waals surface area contributed by atoms with Gasteiger partial charge in [0.1, 0.15) is 6.07 Å². The molecule has 0 aliphatic carbocycles. The first-order valence-corrected chi connectivity index (χ1v) is 6.25. The summed E-state index contributed by atoms with van der Waals surface area (Å²) in [5, 5.41) is 18.2. The Bertz CT molecular complexity index is 600. The third-order valence-corrected chi connectivity index (χ3v) is 3.14. The molecule has 3 N–H and O–H groups in total. The third-order valence-electron chi connectivity index (χ3n) is 3.14. The third kappa shape index (κ3) is 2.75. The van der Waals surface area contributed by atoms with Crippen molar-refractivity contribution in [3.63, 3.8) is 0 Å². The van der Waals surface area contributed by atoms with Gasteiger partial charge in [-0.2, -0.15) is 5.26 Å². The molecule has 0 amide bonds. The van der Waals surface area contributed by atoms with Crippen molar-refractivity contribution in [1.29, 1.82) is 5.26 Å². The van der Waals surface area contributed by atoms with Crippen molar-refractivity contribution in [2.45, 2.75) is 12.8 Å². The zero-order valence-corrected chi connectivity index (χ0v) is 10.6. The number of hydrogen-bond donors (Lipinski definition) is 2. The van der Waals surface area contributed by atoms with E-state index in [0.717, 1.165) is 16.7 Å². The van der Waals surface area contributed by atoms with Gasteiger partial charge in [-0.25, -0.2) is 0 Å². The lowest BCUT2D eigenvalue weighted by Crippen LogP contribution is -2.01. The smallest absolute Gasteiger partial charge is 0.102 e. The highest BCUT2D eigenvalue weighted by molar-refractivity contribution is 5.78. The second kappa shape index (κ2) is 6.03. The van der Waals surface area contributed by atoms with E-state index in [1.54, 1.807) is 0 Å². The maximum atomic E-state index is 9.33. The molecule has 3 nitrogen and oxygen atoms in total. The van der Waals surface area contributed by atoms with Crippen molar-refractivity contribution in [2.75, 3.05) is 12.3 Å². The number of nitriles is 1. The Hall–Kier alpha value is -2.31. The van der Waals surface area contributed by atoms with Gasteiger partial charge in [0.05, 0.1) is 11.3 Å². The summed E-state index contributed by atoms with van der Waals surface area (Å²) < 4.78 is 0. The Morgan fingerprint density at radius 1 is 1.11 bits per heavy atom. The Kier molecular flexibility index (Phi) is 4.17. The van der Waals surface area contributed by atoms with Gasteiger partial charge in [0, 0.05) is 12.2 Å². The molecule has 0 bridgehead atoms. The number of aliphatic hydroxyl groups is 1. The monoisotopic (exact) mass is 252 g/mol. The largest absolute Gasteiger partial charge is 0.397 e. The number of nitrogens with zero attached hydrogens (tertiary/aromatic N) is 1. The molecule has 0 aromatic heterocycles. The normalized spacial score (nSPS) is 10.1. The molecule has 0 saturated heterocycles. The molecule has 0 aliphatic rings. The molecule has 3 heteroatoms. The fourth-order valence-corrected chi connectivity index (χ4v) is 2.13. The number of benzene rings is 2. The van der Waals surface area contributed by atoms with Gasteiger partial charge < -0.3 is 10.8 Å². The van der Waals surface area contributed by atoms with Crippen LogP contribution in [0.1, 0.15) is 17.5 Å². The zero-order chi connectivity index (χ0) is 13.7. The van der Waals surface area contributed by atoms with Gasteiger partial charge in [0.15, 0.2) is 0 Å². The van der Waals surface area contributed by atoms with Crippen LogP contribution in [0.25, 0.3) is 11.1 Å².